The minimum Gasteiger partial charge on any atom is -0.508 e. The molecule has 1 heterocycles. The van der Waals surface area contributed by atoms with Crippen molar-refractivity contribution in [3.63, 3.8) is 0 Å². The van der Waals surface area contributed by atoms with Crippen LogP contribution in [-0.4, -0.2) is 56.0 Å². The lowest BCUT2D eigenvalue weighted by atomic mass is 10.2. The average Bonchev–Trinajstić information content (AvgIpc) is 3.15. The summed E-state index contributed by atoms with van der Waals surface area (Å²) in [4.78, 5) is 14.1. The standard InChI is InChI=1S/C18H19N5O3S/c1-22(11-13-4-3-5-16(10-13)26-2)17(25)12-27-18-19-20-21-23(18)14-6-8-15(24)9-7-14/h3-10,24H,11-12H2,1-2H3. The summed E-state index contributed by atoms with van der Waals surface area (Å²) in [6.45, 7) is 0.486. The van der Waals surface area contributed by atoms with Gasteiger partial charge in [-0.1, -0.05) is 23.9 Å². The van der Waals surface area contributed by atoms with E-state index < -0.39 is 0 Å². The fourth-order valence-electron chi connectivity index (χ4n) is 2.39. The number of rotatable bonds is 7. The van der Waals surface area contributed by atoms with Crippen LogP contribution in [0.5, 0.6) is 11.5 Å². The molecule has 0 aliphatic carbocycles. The molecule has 0 spiro atoms. The zero-order chi connectivity index (χ0) is 19.2. The molecule has 0 saturated heterocycles. The molecule has 1 aromatic heterocycles. The lowest BCUT2D eigenvalue weighted by Gasteiger charge is -2.17. The number of hydrogen-bond acceptors (Lipinski definition) is 7. The van der Waals surface area contributed by atoms with Crippen LogP contribution in [-0.2, 0) is 11.3 Å². The molecule has 27 heavy (non-hydrogen) atoms. The third kappa shape index (κ3) is 4.76. The van der Waals surface area contributed by atoms with Crippen molar-refractivity contribution >= 4 is 17.7 Å². The first-order valence-corrected chi connectivity index (χ1v) is 9.13. The number of phenols is 1. The second-order valence-electron chi connectivity index (χ2n) is 5.78. The highest BCUT2D eigenvalue weighted by atomic mass is 32.2. The summed E-state index contributed by atoms with van der Waals surface area (Å²) in [5, 5.41) is 21.5. The van der Waals surface area contributed by atoms with E-state index in [0.29, 0.717) is 17.4 Å². The molecule has 0 aliphatic rings. The molecule has 0 bridgehead atoms. The van der Waals surface area contributed by atoms with Crippen LogP contribution in [0.15, 0.2) is 53.7 Å². The molecule has 140 valence electrons. The minimum absolute atomic E-state index is 0.0388. The summed E-state index contributed by atoms with van der Waals surface area (Å²) in [6, 6.07) is 14.1. The van der Waals surface area contributed by atoms with Crippen LogP contribution in [0.2, 0.25) is 0 Å². The number of carbonyl (C=O) groups is 1. The van der Waals surface area contributed by atoms with Crippen molar-refractivity contribution in [2.75, 3.05) is 19.9 Å². The number of benzene rings is 2. The van der Waals surface area contributed by atoms with Crippen molar-refractivity contribution < 1.29 is 14.6 Å². The molecule has 9 heteroatoms. The first-order valence-electron chi connectivity index (χ1n) is 8.14. The molecule has 0 aliphatic heterocycles. The van der Waals surface area contributed by atoms with Crippen molar-refractivity contribution in [3.8, 4) is 17.2 Å². The van der Waals surface area contributed by atoms with Crippen LogP contribution in [0, 0.1) is 0 Å². The molecule has 8 nitrogen and oxygen atoms in total. The largest absolute Gasteiger partial charge is 0.508 e. The Balaban J connectivity index is 1.60. The summed E-state index contributed by atoms with van der Waals surface area (Å²) < 4.78 is 6.74. The molecule has 3 rings (SSSR count). The minimum atomic E-state index is -0.0388. The maximum atomic E-state index is 12.5. The Hall–Kier alpha value is -3.07. The number of tetrazole rings is 1. The summed E-state index contributed by atoms with van der Waals surface area (Å²) in [5.41, 5.74) is 1.70. The molecule has 0 fully saturated rings. The van der Waals surface area contributed by atoms with Crippen molar-refractivity contribution in [2.45, 2.75) is 11.7 Å². The summed E-state index contributed by atoms with van der Waals surface area (Å²) in [6.07, 6.45) is 0. The van der Waals surface area contributed by atoms with Gasteiger partial charge in [0.15, 0.2) is 0 Å². The van der Waals surface area contributed by atoms with E-state index in [1.165, 1.54) is 16.4 Å². The van der Waals surface area contributed by atoms with Crippen LogP contribution in [0.1, 0.15) is 5.56 Å². The Labute approximate surface area is 160 Å². The van der Waals surface area contributed by atoms with E-state index >= 15 is 0 Å². The number of carbonyl (C=O) groups excluding carboxylic acids is 1. The maximum absolute atomic E-state index is 12.5. The molecule has 0 atom stereocenters. The number of aromatic hydroxyl groups is 1. The van der Waals surface area contributed by atoms with Crippen LogP contribution in [0.3, 0.4) is 0 Å². The van der Waals surface area contributed by atoms with Gasteiger partial charge in [0.05, 0.1) is 18.6 Å². The monoisotopic (exact) mass is 385 g/mol. The topological polar surface area (TPSA) is 93.4 Å². The number of nitrogens with zero attached hydrogens (tertiary/aromatic N) is 5. The van der Waals surface area contributed by atoms with Crippen LogP contribution in [0.4, 0.5) is 0 Å². The number of ether oxygens (including phenoxy) is 1. The highest BCUT2D eigenvalue weighted by Gasteiger charge is 2.14. The van der Waals surface area contributed by atoms with Crippen LogP contribution >= 0.6 is 11.8 Å². The van der Waals surface area contributed by atoms with E-state index in [9.17, 15) is 9.90 Å². The molecule has 0 saturated carbocycles. The van der Waals surface area contributed by atoms with Crippen molar-refractivity contribution in [2.24, 2.45) is 0 Å². The quantitative estimate of drug-likeness (QED) is 0.623. The molecule has 0 radical (unpaired) electrons. The van der Waals surface area contributed by atoms with Crippen LogP contribution < -0.4 is 4.74 Å². The Morgan fingerprint density at radius 1 is 1.26 bits per heavy atom. The van der Waals surface area contributed by atoms with Gasteiger partial charge in [0.2, 0.25) is 11.1 Å². The number of methoxy groups -OCH3 is 1. The zero-order valence-electron chi connectivity index (χ0n) is 14.9. The molecule has 1 amide bonds. The third-order valence-corrected chi connectivity index (χ3v) is 4.74. The second-order valence-corrected chi connectivity index (χ2v) is 6.72. The highest BCUT2D eigenvalue weighted by molar-refractivity contribution is 7.99. The first kappa shape index (κ1) is 18.7. The van der Waals surface area contributed by atoms with Gasteiger partial charge in [-0.05, 0) is 52.4 Å². The predicted molar refractivity (Wildman–Crippen MR) is 101 cm³/mol. The molecular weight excluding hydrogens is 366 g/mol. The molecule has 3 aromatic rings. The van der Waals surface area contributed by atoms with Gasteiger partial charge < -0.3 is 14.7 Å². The first-order chi connectivity index (χ1) is 13.1. The fourth-order valence-corrected chi connectivity index (χ4v) is 3.23. The number of amides is 1. The lowest BCUT2D eigenvalue weighted by Crippen LogP contribution is -2.27. The van der Waals surface area contributed by atoms with Crippen molar-refractivity contribution in [1.29, 1.82) is 0 Å². The van der Waals surface area contributed by atoms with E-state index in [-0.39, 0.29) is 17.4 Å². The van der Waals surface area contributed by atoms with Gasteiger partial charge in [-0.3, -0.25) is 4.79 Å². The van der Waals surface area contributed by atoms with E-state index in [1.807, 2.05) is 24.3 Å². The second kappa shape index (κ2) is 8.54. The highest BCUT2D eigenvalue weighted by Crippen LogP contribution is 2.20. The van der Waals surface area contributed by atoms with E-state index in [2.05, 4.69) is 15.5 Å². The predicted octanol–water partition coefficient (Wildman–Crippen LogP) is 2.13. The van der Waals surface area contributed by atoms with E-state index in [1.54, 1.807) is 43.3 Å². The van der Waals surface area contributed by atoms with Gasteiger partial charge in [0.1, 0.15) is 11.5 Å². The maximum Gasteiger partial charge on any atom is 0.233 e. The van der Waals surface area contributed by atoms with Gasteiger partial charge in [-0.25, -0.2) is 0 Å². The summed E-state index contributed by atoms with van der Waals surface area (Å²) >= 11 is 1.26. The van der Waals surface area contributed by atoms with Crippen molar-refractivity contribution in [3.05, 3.63) is 54.1 Å². The van der Waals surface area contributed by atoms with Gasteiger partial charge >= 0.3 is 0 Å². The van der Waals surface area contributed by atoms with E-state index in [0.717, 1.165) is 11.3 Å². The Morgan fingerprint density at radius 2 is 2.04 bits per heavy atom. The smallest absolute Gasteiger partial charge is 0.233 e. The Kier molecular flexibility index (Phi) is 5.92. The van der Waals surface area contributed by atoms with Crippen LogP contribution in [0.25, 0.3) is 5.69 Å². The third-order valence-electron chi connectivity index (χ3n) is 3.84. The Morgan fingerprint density at radius 3 is 2.78 bits per heavy atom. The molecular formula is C18H19N5O3S. The number of phenolic OH excluding ortho intramolecular Hbond substituents is 1. The summed E-state index contributed by atoms with van der Waals surface area (Å²) in [5.74, 6) is 1.09. The van der Waals surface area contributed by atoms with Gasteiger partial charge in [-0.2, -0.15) is 4.68 Å². The molecule has 2 aromatic carbocycles. The Bertz CT molecular complexity index is 913. The zero-order valence-corrected chi connectivity index (χ0v) is 15.8. The number of aromatic nitrogens is 4. The number of thioether (sulfide) groups is 1. The molecule has 0 unspecified atom stereocenters. The van der Waals surface area contributed by atoms with Gasteiger partial charge in [0.25, 0.3) is 0 Å². The van der Waals surface area contributed by atoms with Crippen molar-refractivity contribution in [1.82, 2.24) is 25.1 Å². The van der Waals surface area contributed by atoms with Gasteiger partial charge in [0, 0.05) is 13.6 Å². The average molecular weight is 385 g/mol. The lowest BCUT2D eigenvalue weighted by molar-refractivity contribution is -0.127. The number of hydrogen-bond donors (Lipinski definition) is 1. The van der Waals surface area contributed by atoms with E-state index in [4.69, 9.17) is 4.74 Å². The normalized spacial score (nSPS) is 10.6. The summed E-state index contributed by atoms with van der Waals surface area (Å²) in [7, 11) is 3.37. The SMILES string of the molecule is COc1cccc(CN(C)C(=O)CSc2nnnn2-c2ccc(O)cc2)c1. The fraction of sp³-hybridized carbons (Fsp3) is 0.222. The van der Waals surface area contributed by atoms with Gasteiger partial charge in [-0.15, -0.1) is 5.10 Å². The molecule has 1 N–H and O–H groups in total.